The second kappa shape index (κ2) is 18.6. The van der Waals surface area contributed by atoms with Gasteiger partial charge in [-0.05, 0) is 137 Å². The number of ketones is 1. The fourth-order valence-corrected chi connectivity index (χ4v) is 8.39. The maximum Gasteiger partial charge on any atom is 0.163 e. The number of Topliss-reactive ketones (excluding diaryl/α,β-unsaturated/α-hetero) is 1. The number of hydrogen-bond donors (Lipinski definition) is 2. The summed E-state index contributed by atoms with van der Waals surface area (Å²) >= 11 is 6.11. The summed E-state index contributed by atoms with van der Waals surface area (Å²) in [6, 6.07) is 32.5. The number of allylic oxidation sites excluding steroid dienone is 1. The van der Waals surface area contributed by atoms with Crippen molar-refractivity contribution in [3.05, 3.63) is 159 Å². The summed E-state index contributed by atoms with van der Waals surface area (Å²) in [5, 5.41) is 2.32. The molecule has 2 heterocycles. The normalized spacial score (nSPS) is 13.3. The second-order valence-electron chi connectivity index (χ2n) is 15.0. The van der Waals surface area contributed by atoms with Crippen molar-refractivity contribution in [2.45, 2.75) is 51.9 Å². The van der Waals surface area contributed by atoms with Crippen LogP contribution < -0.4 is 4.74 Å². The van der Waals surface area contributed by atoms with Crippen LogP contribution in [0.25, 0.3) is 44.2 Å². The lowest BCUT2D eigenvalue weighted by atomic mass is 9.87. The van der Waals surface area contributed by atoms with Crippen LogP contribution in [0.3, 0.4) is 0 Å². The number of ether oxygens (including phenoxy) is 3. The molecular formula is C50H47ClF2N2O4. The largest absolute Gasteiger partial charge is 0.491 e. The molecular weight excluding hydrogens is 766 g/mol. The average molecular weight is 813 g/mol. The predicted octanol–water partition coefficient (Wildman–Crippen LogP) is 12.6. The monoisotopic (exact) mass is 812 g/mol. The number of unbranched alkanes of at least 4 members (excludes halogenated alkanes) is 1. The van der Waals surface area contributed by atoms with Crippen LogP contribution >= 0.6 is 11.6 Å². The zero-order valence-electron chi connectivity index (χ0n) is 33.1. The van der Waals surface area contributed by atoms with Gasteiger partial charge in [-0.15, -0.1) is 0 Å². The molecule has 6 nitrogen and oxygen atoms in total. The minimum Gasteiger partial charge on any atom is -0.491 e. The van der Waals surface area contributed by atoms with E-state index < -0.39 is 0 Å². The van der Waals surface area contributed by atoms with Crippen molar-refractivity contribution in [3.8, 4) is 17.0 Å². The zero-order valence-corrected chi connectivity index (χ0v) is 33.9. The van der Waals surface area contributed by atoms with Gasteiger partial charge in [0.2, 0.25) is 0 Å². The molecule has 7 aromatic rings. The third kappa shape index (κ3) is 9.21. The van der Waals surface area contributed by atoms with Gasteiger partial charge in [0.15, 0.2) is 5.78 Å². The summed E-state index contributed by atoms with van der Waals surface area (Å²) in [4.78, 5) is 19.3. The van der Waals surface area contributed by atoms with Gasteiger partial charge in [0, 0.05) is 57.5 Å². The molecule has 8 rings (SSSR count). The van der Waals surface area contributed by atoms with Crippen LogP contribution in [0.4, 0.5) is 8.78 Å². The quantitative estimate of drug-likeness (QED) is 0.0709. The van der Waals surface area contributed by atoms with Crippen molar-refractivity contribution in [2.75, 3.05) is 33.0 Å². The lowest BCUT2D eigenvalue weighted by Gasteiger charge is -2.18. The third-order valence-electron chi connectivity index (χ3n) is 11.1. The number of hydrogen-bond acceptors (Lipinski definition) is 4. The molecule has 59 heavy (non-hydrogen) atoms. The molecule has 0 atom stereocenters. The molecule has 1 aliphatic rings. The molecule has 0 unspecified atom stereocenters. The van der Waals surface area contributed by atoms with Crippen LogP contribution in [0.2, 0.25) is 5.02 Å². The van der Waals surface area contributed by atoms with E-state index in [0.717, 1.165) is 93.2 Å². The van der Waals surface area contributed by atoms with E-state index in [1.807, 2.05) is 43.5 Å². The maximum absolute atomic E-state index is 15.3. The van der Waals surface area contributed by atoms with E-state index in [9.17, 15) is 9.18 Å². The van der Waals surface area contributed by atoms with E-state index in [4.69, 9.17) is 25.8 Å². The molecule has 0 radical (unpaired) electrons. The van der Waals surface area contributed by atoms with Crippen LogP contribution in [0.5, 0.6) is 5.75 Å². The van der Waals surface area contributed by atoms with E-state index in [0.29, 0.717) is 67.5 Å². The smallest absolute Gasteiger partial charge is 0.163 e. The molecule has 5 aromatic carbocycles. The fourth-order valence-electron chi connectivity index (χ4n) is 8.23. The summed E-state index contributed by atoms with van der Waals surface area (Å²) in [5.41, 5.74) is 11.0. The highest BCUT2D eigenvalue weighted by atomic mass is 35.5. The molecule has 0 saturated heterocycles. The van der Waals surface area contributed by atoms with Gasteiger partial charge < -0.3 is 24.2 Å². The number of carbonyl (C=O) groups excluding carboxylic acids is 1. The van der Waals surface area contributed by atoms with E-state index in [1.165, 1.54) is 23.8 Å². The molecule has 0 bridgehead atoms. The Labute approximate surface area is 348 Å². The minimum atomic E-state index is -0.387. The van der Waals surface area contributed by atoms with Crippen LogP contribution in [-0.2, 0) is 22.3 Å². The third-order valence-corrected chi connectivity index (χ3v) is 11.3. The highest BCUT2D eigenvalue weighted by molar-refractivity contribution is 6.30. The van der Waals surface area contributed by atoms with Crippen LogP contribution in [-0.4, -0.2) is 48.8 Å². The van der Waals surface area contributed by atoms with Gasteiger partial charge >= 0.3 is 0 Å². The summed E-state index contributed by atoms with van der Waals surface area (Å²) in [6.07, 6.45) is 7.44. The highest BCUT2D eigenvalue weighted by Crippen LogP contribution is 2.39. The Morgan fingerprint density at radius 2 is 1.54 bits per heavy atom. The average Bonchev–Trinajstić information content (AvgIpc) is 3.82. The maximum atomic E-state index is 15.3. The number of aromatic amines is 2. The summed E-state index contributed by atoms with van der Waals surface area (Å²) in [6.45, 7) is 4.56. The number of aromatic nitrogens is 2. The van der Waals surface area contributed by atoms with Crippen LogP contribution in [0, 0.1) is 11.6 Å². The molecule has 0 amide bonds. The van der Waals surface area contributed by atoms with Crippen molar-refractivity contribution in [1.82, 2.24) is 9.97 Å². The Bertz CT molecular complexity index is 2610. The number of H-pyrrole nitrogens is 2. The van der Waals surface area contributed by atoms with Gasteiger partial charge in [-0.25, -0.2) is 8.78 Å². The first-order valence-electron chi connectivity index (χ1n) is 20.5. The molecule has 2 aromatic heterocycles. The van der Waals surface area contributed by atoms with Crippen LogP contribution in [0.1, 0.15) is 77.2 Å². The van der Waals surface area contributed by atoms with Gasteiger partial charge in [-0.1, -0.05) is 67.1 Å². The lowest BCUT2D eigenvalue weighted by Crippen LogP contribution is -2.11. The first-order valence-corrected chi connectivity index (χ1v) is 20.9. The topological polar surface area (TPSA) is 76.3 Å². The lowest BCUT2D eigenvalue weighted by molar-refractivity contribution is 0.0353. The van der Waals surface area contributed by atoms with Gasteiger partial charge in [0.1, 0.15) is 24.0 Å². The second-order valence-corrected chi connectivity index (χ2v) is 15.4. The summed E-state index contributed by atoms with van der Waals surface area (Å²) < 4.78 is 47.1. The van der Waals surface area contributed by atoms with E-state index >= 15 is 4.39 Å². The molecule has 1 aliphatic carbocycles. The molecule has 0 aliphatic heterocycles. The summed E-state index contributed by atoms with van der Waals surface area (Å²) in [5.74, 6) is 0.00815. The SMILES string of the molecule is CC/C(=C(/c1ccc(OCCOCCOCCCCc2ccc(-c3[nH]c4cc(F)cc5c4c3CCCC5=O)cc2)cc1)c1ccc2[nH]ccc2c1)c1ccc(Cl)cc1F. The Balaban J connectivity index is 0.769. The van der Waals surface area contributed by atoms with Gasteiger partial charge in [0.05, 0.1) is 19.8 Å². The molecule has 0 spiro atoms. The molecule has 2 N–H and O–H groups in total. The Morgan fingerprint density at radius 1 is 0.763 bits per heavy atom. The number of fused-ring (bicyclic) bond motifs is 1. The first-order chi connectivity index (χ1) is 28.9. The van der Waals surface area contributed by atoms with Crippen molar-refractivity contribution in [3.63, 3.8) is 0 Å². The number of nitrogens with one attached hydrogen (secondary N) is 2. The Hall–Kier alpha value is -5.54. The van der Waals surface area contributed by atoms with E-state index in [2.05, 4.69) is 52.4 Å². The Kier molecular flexibility index (Phi) is 12.7. The van der Waals surface area contributed by atoms with Crippen molar-refractivity contribution in [1.29, 1.82) is 0 Å². The van der Waals surface area contributed by atoms with Crippen molar-refractivity contribution < 1.29 is 27.8 Å². The number of aryl methyl sites for hydroxylation is 2. The highest BCUT2D eigenvalue weighted by Gasteiger charge is 2.24. The fraction of sp³-hybridized carbons (Fsp3) is 0.260. The van der Waals surface area contributed by atoms with Crippen LogP contribution in [0.15, 0.2) is 109 Å². The first kappa shape index (κ1) is 40.2. The minimum absolute atomic E-state index is 0.0130. The number of rotatable bonds is 17. The predicted molar refractivity (Wildman–Crippen MR) is 233 cm³/mol. The Morgan fingerprint density at radius 3 is 2.34 bits per heavy atom. The standard InChI is InChI=1S/C50H47ClF2N2O4/c1-2-40(41-19-16-37(51)29-44(41)53)48(36-15-20-45-35(28-36)21-22-54-45)33-13-17-39(18-14-33)59-27-26-58-25-24-57-23-4-3-6-32-9-11-34(12-10-32)50-42-7-5-8-47(56)43-30-38(52)31-46(55-50)49(42)43/h9-22,28-31,54-55H,2-8,23-27H2,1H3/b48-40+. The molecule has 0 fully saturated rings. The van der Waals surface area contributed by atoms with Gasteiger partial charge in [-0.3, -0.25) is 4.79 Å². The van der Waals surface area contributed by atoms with Gasteiger partial charge in [-0.2, -0.15) is 0 Å². The summed E-state index contributed by atoms with van der Waals surface area (Å²) in [7, 11) is 0. The molecule has 302 valence electrons. The molecule has 0 saturated carbocycles. The van der Waals surface area contributed by atoms with Crippen molar-refractivity contribution in [2.24, 2.45) is 0 Å². The van der Waals surface area contributed by atoms with E-state index in [1.54, 1.807) is 12.1 Å². The van der Waals surface area contributed by atoms with Gasteiger partial charge in [0.25, 0.3) is 0 Å². The van der Waals surface area contributed by atoms with Crippen molar-refractivity contribution >= 4 is 50.3 Å². The van der Waals surface area contributed by atoms with E-state index in [-0.39, 0.29) is 17.4 Å². The molecule has 9 heteroatoms. The number of benzene rings is 5. The number of carbonyl (C=O) groups is 1. The number of halogens is 3. The zero-order chi connectivity index (χ0) is 40.7.